The normalized spacial score (nSPS) is 10.5. The first kappa shape index (κ1) is 21.2. The van der Waals surface area contributed by atoms with E-state index in [-0.39, 0.29) is 29.8 Å². The maximum absolute atomic E-state index is 12.8. The van der Waals surface area contributed by atoms with Crippen molar-refractivity contribution < 1.29 is 19.4 Å². The molecule has 0 aliphatic carbocycles. The van der Waals surface area contributed by atoms with E-state index in [1.807, 2.05) is 38.1 Å². The summed E-state index contributed by atoms with van der Waals surface area (Å²) in [5.41, 5.74) is 1.07. The van der Waals surface area contributed by atoms with Crippen LogP contribution >= 0.6 is 0 Å². The molecule has 2 rings (SSSR count). The van der Waals surface area contributed by atoms with Crippen LogP contribution in [0.4, 0.5) is 0 Å². The van der Waals surface area contributed by atoms with E-state index < -0.39 is 17.2 Å². The minimum Gasteiger partial charge on any atom is -0.494 e. The molecule has 7 heteroatoms. The van der Waals surface area contributed by atoms with Crippen molar-refractivity contribution in [2.45, 2.75) is 33.7 Å². The second-order valence-corrected chi connectivity index (χ2v) is 6.55. The number of Topliss-reactive ketones (excluding diaryl/α,β-unsaturated/α-hetero) is 1. The molecule has 7 nitrogen and oxygen atoms in total. The van der Waals surface area contributed by atoms with Crippen LogP contribution in [0.25, 0.3) is 0 Å². The predicted octanol–water partition coefficient (Wildman–Crippen LogP) is 2.65. The standard InChI is InChI=1S/C21H24N2O5/c1-13-7-5-8-14(2)19(13)28-12-17(24)18-15(3)16(11-22)20(25)23(21(18)26)9-6-10-27-4/h5,7-8,26H,6,9-10,12H2,1-4H3. The molecule has 0 aliphatic heterocycles. The molecular weight excluding hydrogens is 360 g/mol. The SMILES string of the molecule is COCCCn1c(O)c(C(=O)COc2c(C)cccc2C)c(C)c(C#N)c1=O. The third kappa shape index (κ3) is 4.24. The van der Waals surface area contributed by atoms with E-state index in [1.54, 1.807) is 0 Å². The fourth-order valence-electron chi connectivity index (χ4n) is 3.10. The fraction of sp³-hybridized carbons (Fsp3) is 0.381. The van der Waals surface area contributed by atoms with Crippen molar-refractivity contribution in [1.29, 1.82) is 5.26 Å². The number of pyridine rings is 1. The number of aryl methyl sites for hydroxylation is 2. The first-order chi connectivity index (χ1) is 13.3. The van der Waals surface area contributed by atoms with E-state index in [2.05, 4.69) is 0 Å². The largest absolute Gasteiger partial charge is 0.494 e. The fourth-order valence-corrected chi connectivity index (χ4v) is 3.10. The van der Waals surface area contributed by atoms with Crippen LogP contribution in [0.3, 0.4) is 0 Å². The van der Waals surface area contributed by atoms with Crippen molar-refractivity contribution in [2.75, 3.05) is 20.3 Å². The van der Waals surface area contributed by atoms with Crippen LogP contribution in [-0.2, 0) is 11.3 Å². The molecule has 1 aromatic heterocycles. The molecule has 2 aromatic rings. The monoisotopic (exact) mass is 384 g/mol. The average molecular weight is 384 g/mol. The number of hydrogen-bond acceptors (Lipinski definition) is 6. The van der Waals surface area contributed by atoms with Crippen molar-refractivity contribution in [2.24, 2.45) is 0 Å². The van der Waals surface area contributed by atoms with Gasteiger partial charge in [0, 0.05) is 20.3 Å². The van der Waals surface area contributed by atoms with Crippen molar-refractivity contribution in [3.63, 3.8) is 0 Å². The molecule has 0 unspecified atom stereocenters. The number of hydrogen-bond donors (Lipinski definition) is 1. The van der Waals surface area contributed by atoms with E-state index in [0.29, 0.717) is 18.8 Å². The Bertz CT molecular complexity index is 966. The number of ketones is 1. The van der Waals surface area contributed by atoms with E-state index in [1.165, 1.54) is 14.0 Å². The second-order valence-electron chi connectivity index (χ2n) is 6.55. The van der Waals surface area contributed by atoms with Gasteiger partial charge in [0.2, 0.25) is 11.7 Å². The Morgan fingerprint density at radius 1 is 1.25 bits per heavy atom. The Kier molecular flexibility index (Phi) is 6.96. The number of aromatic hydroxyl groups is 1. The van der Waals surface area contributed by atoms with E-state index in [9.17, 15) is 20.0 Å². The van der Waals surface area contributed by atoms with Gasteiger partial charge in [0.05, 0.1) is 5.56 Å². The van der Waals surface area contributed by atoms with Crippen LogP contribution in [0.5, 0.6) is 11.6 Å². The number of benzene rings is 1. The van der Waals surface area contributed by atoms with E-state index in [0.717, 1.165) is 15.7 Å². The van der Waals surface area contributed by atoms with Gasteiger partial charge < -0.3 is 14.6 Å². The summed E-state index contributed by atoms with van der Waals surface area (Å²) >= 11 is 0. The molecule has 0 spiro atoms. The Labute approximate surface area is 163 Å². The number of carbonyl (C=O) groups excluding carboxylic acids is 1. The van der Waals surface area contributed by atoms with Gasteiger partial charge in [0.15, 0.2) is 6.61 Å². The highest BCUT2D eigenvalue weighted by atomic mass is 16.5. The predicted molar refractivity (Wildman–Crippen MR) is 104 cm³/mol. The number of para-hydroxylation sites is 1. The van der Waals surface area contributed by atoms with E-state index >= 15 is 0 Å². The van der Waals surface area contributed by atoms with Crippen LogP contribution in [-0.4, -0.2) is 35.8 Å². The first-order valence-corrected chi connectivity index (χ1v) is 8.91. The molecular formula is C21H24N2O5. The third-order valence-corrected chi connectivity index (χ3v) is 4.57. The molecule has 1 N–H and O–H groups in total. The van der Waals surface area contributed by atoms with Crippen LogP contribution in [0.15, 0.2) is 23.0 Å². The Morgan fingerprint density at radius 3 is 2.46 bits per heavy atom. The third-order valence-electron chi connectivity index (χ3n) is 4.57. The Hall–Kier alpha value is -3.11. The van der Waals surface area contributed by atoms with Gasteiger partial charge in [0.25, 0.3) is 5.56 Å². The molecule has 0 atom stereocenters. The summed E-state index contributed by atoms with van der Waals surface area (Å²) in [4.78, 5) is 25.3. The van der Waals surface area contributed by atoms with Crippen LogP contribution in [0.1, 0.15) is 39.0 Å². The molecule has 0 saturated heterocycles. The average Bonchev–Trinajstić information content (AvgIpc) is 2.64. The number of nitrogens with zero attached hydrogens (tertiary/aromatic N) is 2. The Morgan fingerprint density at radius 2 is 1.89 bits per heavy atom. The van der Waals surface area contributed by atoms with Crippen molar-refractivity contribution in [1.82, 2.24) is 4.57 Å². The first-order valence-electron chi connectivity index (χ1n) is 8.91. The molecule has 148 valence electrons. The zero-order chi connectivity index (χ0) is 20.8. The van der Waals surface area contributed by atoms with Gasteiger partial charge in [-0.1, -0.05) is 18.2 Å². The highest BCUT2D eigenvalue weighted by Crippen LogP contribution is 2.25. The van der Waals surface area contributed by atoms with Crippen LogP contribution in [0.2, 0.25) is 0 Å². The zero-order valence-electron chi connectivity index (χ0n) is 16.5. The molecule has 1 heterocycles. The summed E-state index contributed by atoms with van der Waals surface area (Å²) in [5, 5.41) is 19.9. The number of methoxy groups -OCH3 is 1. The lowest BCUT2D eigenvalue weighted by Gasteiger charge is -2.16. The number of carbonyl (C=O) groups is 1. The molecule has 0 radical (unpaired) electrons. The summed E-state index contributed by atoms with van der Waals surface area (Å²) in [5.74, 6) is -0.357. The Balaban J connectivity index is 2.40. The maximum atomic E-state index is 12.8. The number of rotatable bonds is 8. The minimum atomic E-state index is -0.624. The quantitative estimate of drug-likeness (QED) is 0.555. The highest BCUT2D eigenvalue weighted by Gasteiger charge is 2.24. The van der Waals surface area contributed by atoms with Crippen molar-refractivity contribution >= 4 is 5.78 Å². The molecule has 0 amide bonds. The van der Waals surface area contributed by atoms with Gasteiger partial charge in [-0.05, 0) is 43.9 Å². The van der Waals surface area contributed by atoms with Crippen LogP contribution in [0, 0.1) is 32.1 Å². The minimum absolute atomic E-state index is 0.0696. The summed E-state index contributed by atoms with van der Waals surface area (Å²) < 4.78 is 11.7. The van der Waals surface area contributed by atoms with Gasteiger partial charge in [-0.25, -0.2) is 0 Å². The lowest BCUT2D eigenvalue weighted by molar-refractivity contribution is 0.0915. The number of nitriles is 1. The van der Waals surface area contributed by atoms with Crippen molar-refractivity contribution in [3.8, 4) is 17.7 Å². The molecule has 28 heavy (non-hydrogen) atoms. The number of ether oxygens (including phenoxy) is 2. The highest BCUT2D eigenvalue weighted by molar-refractivity contribution is 6.01. The van der Waals surface area contributed by atoms with E-state index in [4.69, 9.17) is 9.47 Å². The van der Waals surface area contributed by atoms with Gasteiger partial charge in [-0.3, -0.25) is 14.2 Å². The second kappa shape index (κ2) is 9.20. The topological polar surface area (TPSA) is 102 Å². The summed E-state index contributed by atoms with van der Waals surface area (Å²) in [6, 6.07) is 7.48. The lowest BCUT2D eigenvalue weighted by Crippen LogP contribution is -2.28. The molecule has 0 bridgehead atoms. The summed E-state index contributed by atoms with van der Waals surface area (Å²) in [6.45, 7) is 5.41. The summed E-state index contributed by atoms with van der Waals surface area (Å²) in [6.07, 6.45) is 0.449. The lowest BCUT2D eigenvalue weighted by atomic mass is 10.0. The number of aromatic nitrogens is 1. The maximum Gasteiger partial charge on any atom is 0.271 e. The van der Waals surface area contributed by atoms with Gasteiger partial charge in [0.1, 0.15) is 17.4 Å². The molecule has 0 saturated carbocycles. The van der Waals surface area contributed by atoms with Crippen LogP contribution < -0.4 is 10.3 Å². The molecule has 0 aliphatic rings. The van der Waals surface area contributed by atoms with Gasteiger partial charge in [-0.15, -0.1) is 0 Å². The van der Waals surface area contributed by atoms with Gasteiger partial charge in [-0.2, -0.15) is 5.26 Å². The molecule has 0 fully saturated rings. The summed E-state index contributed by atoms with van der Waals surface area (Å²) in [7, 11) is 1.53. The zero-order valence-corrected chi connectivity index (χ0v) is 16.5. The molecule has 1 aromatic carbocycles. The van der Waals surface area contributed by atoms with Crippen molar-refractivity contribution in [3.05, 3.63) is 56.4 Å². The van der Waals surface area contributed by atoms with Gasteiger partial charge >= 0.3 is 0 Å². The smallest absolute Gasteiger partial charge is 0.271 e.